The van der Waals surface area contributed by atoms with E-state index in [1.54, 1.807) is 12.1 Å². The second-order valence-electron chi connectivity index (χ2n) is 7.09. The van der Waals surface area contributed by atoms with Crippen molar-refractivity contribution in [3.8, 4) is 0 Å². The van der Waals surface area contributed by atoms with Gasteiger partial charge in [0.1, 0.15) is 6.04 Å². The zero-order valence-corrected chi connectivity index (χ0v) is 17.6. The summed E-state index contributed by atoms with van der Waals surface area (Å²) < 4.78 is 0. The molecule has 0 aromatic heterocycles. The molecule has 3 atom stereocenters. The van der Waals surface area contributed by atoms with Gasteiger partial charge in [0.25, 0.3) is 0 Å². The Labute approximate surface area is 184 Å². The first-order chi connectivity index (χ1) is 13.4. The summed E-state index contributed by atoms with van der Waals surface area (Å²) >= 11 is 12.4. The minimum atomic E-state index is -0.995. The third-order valence-electron chi connectivity index (χ3n) is 5.26. The van der Waals surface area contributed by atoms with E-state index in [0.29, 0.717) is 34.3 Å². The molecule has 0 radical (unpaired) electrons. The number of carboxylic acid groups (broad SMARTS) is 1. The normalized spacial score (nSPS) is 22.3. The van der Waals surface area contributed by atoms with Crippen LogP contribution in [0.4, 0.5) is 5.69 Å². The first-order valence-corrected chi connectivity index (χ1v) is 9.77. The van der Waals surface area contributed by atoms with Gasteiger partial charge in [-0.2, -0.15) is 0 Å². The Morgan fingerprint density at radius 3 is 2.55 bits per heavy atom. The molecule has 0 fully saturated rings. The Kier molecular flexibility index (Phi) is 6.58. The van der Waals surface area contributed by atoms with Gasteiger partial charge in [0.05, 0.1) is 12.1 Å². The van der Waals surface area contributed by atoms with Crippen LogP contribution in [0.5, 0.6) is 0 Å². The van der Waals surface area contributed by atoms with Crippen molar-refractivity contribution >= 4 is 53.2 Å². The molecule has 2 aliphatic rings. The maximum absolute atomic E-state index is 12.9. The largest absolute Gasteiger partial charge is 0.480 e. The lowest BCUT2D eigenvalue weighted by Gasteiger charge is -2.34. The summed E-state index contributed by atoms with van der Waals surface area (Å²) in [4.78, 5) is 24.5. The maximum atomic E-state index is 12.9. The second kappa shape index (κ2) is 8.79. The third-order valence-corrected chi connectivity index (χ3v) is 5.79. The molecule has 29 heavy (non-hydrogen) atoms. The topological polar surface area (TPSA) is 90.5 Å². The molecule has 0 spiro atoms. The number of halogens is 3. The van der Waals surface area contributed by atoms with Crippen molar-refractivity contribution in [3.63, 3.8) is 0 Å². The Balaban J connectivity index is 0.00000240. The Morgan fingerprint density at radius 1 is 1.10 bits per heavy atom. The van der Waals surface area contributed by atoms with Crippen molar-refractivity contribution in [1.29, 1.82) is 0 Å². The van der Waals surface area contributed by atoms with E-state index in [1.165, 1.54) is 5.56 Å². The highest BCUT2D eigenvalue weighted by atomic mass is 35.5. The number of rotatable bonds is 3. The molecular formula is C20H20Cl3N3O3. The molecule has 0 aliphatic carbocycles. The quantitative estimate of drug-likeness (QED) is 0.567. The van der Waals surface area contributed by atoms with Gasteiger partial charge in [-0.15, -0.1) is 12.4 Å². The van der Waals surface area contributed by atoms with Crippen LogP contribution in [0.2, 0.25) is 10.0 Å². The van der Waals surface area contributed by atoms with Gasteiger partial charge < -0.3 is 21.1 Å². The number of aliphatic carboxylic acids is 1. The lowest BCUT2D eigenvalue weighted by atomic mass is 9.91. The number of hydrogen-bond acceptors (Lipinski definition) is 4. The third kappa shape index (κ3) is 4.46. The van der Waals surface area contributed by atoms with E-state index in [9.17, 15) is 14.7 Å². The number of carbonyl (C=O) groups is 2. The van der Waals surface area contributed by atoms with E-state index in [1.807, 2.05) is 24.3 Å². The summed E-state index contributed by atoms with van der Waals surface area (Å²) in [6.45, 7) is 0.616. The van der Waals surface area contributed by atoms with Crippen molar-refractivity contribution in [2.45, 2.75) is 37.5 Å². The number of nitrogens with one attached hydrogen (secondary N) is 3. The van der Waals surface area contributed by atoms with Gasteiger partial charge in [0.15, 0.2) is 0 Å². The molecule has 154 valence electrons. The van der Waals surface area contributed by atoms with Gasteiger partial charge in [0, 0.05) is 34.3 Å². The van der Waals surface area contributed by atoms with Crippen LogP contribution in [-0.4, -0.2) is 29.1 Å². The Morgan fingerprint density at radius 2 is 1.83 bits per heavy atom. The summed E-state index contributed by atoms with van der Waals surface area (Å²) in [7, 11) is 0. The van der Waals surface area contributed by atoms with E-state index in [0.717, 1.165) is 5.56 Å². The summed E-state index contributed by atoms with van der Waals surface area (Å²) in [5.41, 5.74) is 3.51. The molecule has 0 saturated heterocycles. The highest BCUT2D eigenvalue weighted by Gasteiger charge is 2.35. The highest BCUT2D eigenvalue weighted by Crippen LogP contribution is 2.40. The Bertz CT molecular complexity index is 954. The van der Waals surface area contributed by atoms with Gasteiger partial charge in [-0.25, -0.2) is 4.79 Å². The monoisotopic (exact) mass is 455 g/mol. The van der Waals surface area contributed by atoms with Crippen molar-refractivity contribution < 1.29 is 14.7 Å². The summed E-state index contributed by atoms with van der Waals surface area (Å²) in [5.74, 6) is -1.17. The van der Waals surface area contributed by atoms with Crippen LogP contribution in [-0.2, 0) is 22.6 Å². The van der Waals surface area contributed by atoms with Crippen molar-refractivity contribution in [2.75, 3.05) is 5.32 Å². The standard InChI is InChI=1S/C20H19Cl2N3O3.ClH/c21-12-6-13(22)18-14(7-12)24-17(20(27)28)8-15(18)25-19(26)16-5-10-3-1-2-4-11(10)9-23-16;/h1-4,6-7,15-17,23-24H,5,8-9H2,(H,25,26)(H,27,28);1H/t15-,16?,17+;/m1./s1. The number of benzene rings is 2. The number of carbonyl (C=O) groups excluding carboxylic acids is 1. The zero-order chi connectivity index (χ0) is 19.8. The van der Waals surface area contributed by atoms with Gasteiger partial charge in [-0.1, -0.05) is 47.5 Å². The number of amides is 1. The molecule has 0 bridgehead atoms. The zero-order valence-electron chi connectivity index (χ0n) is 15.2. The number of carboxylic acids is 1. The number of fused-ring (bicyclic) bond motifs is 2. The molecule has 2 heterocycles. The molecule has 6 nitrogen and oxygen atoms in total. The molecule has 4 rings (SSSR count). The van der Waals surface area contributed by atoms with Gasteiger partial charge >= 0.3 is 5.97 Å². The van der Waals surface area contributed by atoms with E-state index in [-0.39, 0.29) is 30.8 Å². The van der Waals surface area contributed by atoms with Crippen LogP contribution >= 0.6 is 35.6 Å². The minimum absolute atomic E-state index is 0. The van der Waals surface area contributed by atoms with Crippen LogP contribution in [0.25, 0.3) is 0 Å². The van der Waals surface area contributed by atoms with Crippen molar-refractivity contribution in [2.24, 2.45) is 0 Å². The molecule has 9 heteroatoms. The average Bonchev–Trinajstić information content (AvgIpc) is 2.66. The van der Waals surface area contributed by atoms with Gasteiger partial charge in [-0.05, 0) is 29.7 Å². The lowest BCUT2D eigenvalue weighted by molar-refractivity contribution is -0.138. The van der Waals surface area contributed by atoms with E-state index < -0.39 is 18.1 Å². The number of hydrogen-bond donors (Lipinski definition) is 4. The molecular weight excluding hydrogens is 437 g/mol. The predicted molar refractivity (Wildman–Crippen MR) is 115 cm³/mol. The fourth-order valence-electron chi connectivity index (χ4n) is 3.86. The predicted octanol–water partition coefficient (Wildman–Crippen LogP) is 3.56. The van der Waals surface area contributed by atoms with Crippen LogP contribution < -0.4 is 16.0 Å². The van der Waals surface area contributed by atoms with Crippen LogP contribution in [0, 0.1) is 0 Å². The smallest absolute Gasteiger partial charge is 0.326 e. The van der Waals surface area contributed by atoms with Crippen LogP contribution in [0.1, 0.15) is 29.2 Å². The highest BCUT2D eigenvalue weighted by molar-refractivity contribution is 6.35. The van der Waals surface area contributed by atoms with E-state index in [2.05, 4.69) is 16.0 Å². The lowest BCUT2D eigenvalue weighted by Crippen LogP contribution is -2.50. The molecule has 1 amide bonds. The first kappa shape index (κ1) is 21.7. The Hall–Kier alpha value is -1.99. The van der Waals surface area contributed by atoms with Crippen LogP contribution in [0.3, 0.4) is 0 Å². The van der Waals surface area contributed by atoms with Crippen molar-refractivity contribution in [3.05, 3.63) is 63.1 Å². The molecule has 0 saturated carbocycles. The van der Waals surface area contributed by atoms with Crippen molar-refractivity contribution in [1.82, 2.24) is 10.6 Å². The van der Waals surface area contributed by atoms with Gasteiger partial charge in [0.2, 0.25) is 5.91 Å². The summed E-state index contributed by atoms with van der Waals surface area (Å²) in [6.07, 6.45) is 0.773. The fourth-order valence-corrected chi connectivity index (χ4v) is 4.49. The minimum Gasteiger partial charge on any atom is -0.480 e. The average molecular weight is 457 g/mol. The number of anilines is 1. The molecule has 4 N–H and O–H groups in total. The fraction of sp³-hybridized carbons (Fsp3) is 0.300. The SMILES string of the molecule is Cl.O=C(N[C@@H]1C[C@@H](C(=O)O)Nc2cc(Cl)cc(Cl)c21)C1Cc2ccccc2CN1. The summed E-state index contributed by atoms with van der Waals surface area (Å²) in [5, 5.41) is 19.4. The second-order valence-corrected chi connectivity index (χ2v) is 7.93. The van der Waals surface area contributed by atoms with Crippen LogP contribution in [0.15, 0.2) is 36.4 Å². The summed E-state index contributed by atoms with van der Waals surface area (Å²) in [6, 6.07) is 9.49. The molecule has 2 aromatic carbocycles. The van der Waals surface area contributed by atoms with Gasteiger partial charge in [-0.3, -0.25) is 4.79 Å². The maximum Gasteiger partial charge on any atom is 0.326 e. The van der Waals surface area contributed by atoms with E-state index in [4.69, 9.17) is 23.2 Å². The molecule has 2 aliphatic heterocycles. The van der Waals surface area contributed by atoms with E-state index >= 15 is 0 Å². The molecule has 2 aromatic rings. The first-order valence-electron chi connectivity index (χ1n) is 9.01. The molecule has 1 unspecified atom stereocenters.